The maximum absolute atomic E-state index is 5.39. The zero-order valence-corrected chi connectivity index (χ0v) is 9.37. The van der Waals surface area contributed by atoms with Crippen LogP contribution in [0.2, 0.25) is 0 Å². The number of oxazole rings is 1. The fourth-order valence-electron chi connectivity index (χ4n) is 1.31. The van der Waals surface area contributed by atoms with E-state index in [0.717, 1.165) is 12.1 Å². The summed E-state index contributed by atoms with van der Waals surface area (Å²) in [5.74, 6) is 0. The lowest BCUT2D eigenvalue weighted by molar-refractivity contribution is 0.224. The van der Waals surface area contributed by atoms with Gasteiger partial charge in [0.2, 0.25) is 0 Å². The van der Waals surface area contributed by atoms with E-state index < -0.39 is 0 Å². The average molecular weight is 212 g/mol. The molecule has 1 aromatic rings. The molecule has 0 bridgehead atoms. The highest BCUT2D eigenvalue weighted by Gasteiger charge is 2.02. The molecule has 0 aromatic carbocycles. The summed E-state index contributed by atoms with van der Waals surface area (Å²) in [4.78, 5) is 4.05. The van der Waals surface area contributed by atoms with Crippen LogP contribution in [0.4, 0.5) is 0 Å². The van der Waals surface area contributed by atoms with Crippen molar-refractivity contribution in [3.63, 3.8) is 0 Å². The molecular weight excluding hydrogens is 192 g/mol. The van der Waals surface area contributed by atoms with Gasteiger partial charge in [-0.2, -0.15) is 4.98 Å². The van der Waals surface area contributed by atoms with E-state index in [1.807, 2.05) is 0 Å². The van der Waals surface area contributed by atoms with Gasteiger partial charge in [0.15, 0.2) is 0 Å². The van der Waals surface area contributed by atoms with Crippen molar-refractivity contribution in [2.75, 3.05) is 6.61 Å². The molecule has 0 fully saturated rings. The topological polar surface area (TPSA) is 61.3 Å². The first-order valence-electron chi connectivity index (χ1n) is 5.64. The first kappa shape index (κ1) is 12.0. The van der Waals surface area contributed by atoms with Crippen LogP contribution in [0.1, 0.15) is 44.7 Å². The summed E-state index contributed by atoms with van der Waals surface area (Å²) in [5.41, 5.74) is 6.13. The van der Waals surface area contributed by atoms with Crippen LogP contribution < -0.4 is 10.5 Å². The SMILES string of the molecule is CCCCCCCOc1nc(CN)co1. The van der Waals surface area contributed by atoms with E-state index in [-0.39, 0.29) is 0 Å². The molecule has 0 aliphatic carbocycles. The summed E-state index contributed by atoms with van der Waals surface area (Å²) in [6, 6.07) is 0. The van der Waals surface area contributed by atoms with E-state index in [1.54, 1.807) is 0 Å². The number of nitrogens with two attached hydrogens (primary N) is 1. The summed E-state index contributed by atoms with van der Waals surface area (Å²) in [5, 5.41) is 0. The van der Waals surface area contributed by atoms with Crippen molar-refractivity contribution >= 4 is 0 Å². The maximum Gasteiger partial charge on any atom is 0.393 e. The Balaban J connectivity index is 2.04. The van der Waals surface area contributed by atoms with E-state index in [4.69, 9.17) is 14.9 Å². The first-order chi connectivity index (χ1) is 7.36. The Morgan fingerprint density at radius 3 is 2.80 bits per heavy atom. The molecule has 15 heavy (non-hydrogen) atoms. The van der Waals surface area contributed by atoms with Gasteiger partial charge in [0, 0.05) is 6.54 Å². The fourth-order valence-corrected chi connectivity index (χ4v) is 1.31. The Bertz CT molecular complexity index is 261. The van der Waals surface area contributed by atoms with Gasteiger partial charge in [0.05, 0.1) is 12.3 Å². The van der Waals surface area contributed by atoms with Gasteiger partial charge in [-0.05, 0) is 6.42 Å². The second-order valence-electron chi connectivity index (χ2n) is 3.57. The molecule has 0 aliphatic rings. The lowest BCUT2D eigenvalue weighted by atomic mass is 10.2. The van der Waals surface area contributed by atoms with E-state index in [1.165, 1.54) is 31.9 Å². The van der Waals surface area contributed by atoms with Crippen molar-refractivity contribution in [1.82, 2.24) is 4.98 Å². The van der Waals surface area contributed by atoms with Gasteiger partial charge in [-0.1, -0.05) is 32.6 Å². The van der Waals surface area contributed by atoms with Crippen molar-refractivity contribution in [2.24, 2.45) is 5.73 Å². The van der Waals surface area contributed by atoms with Crippen LogP contribution in [-0.2, 0) is 6.54 Å². The molecule has 1 aromatic heterocycles. The molecule has 0 saturated carbocycles. The normalized spacial score (nSPS) is 10.5. The number of hydrogen-bond donors (Lipinski definition) is 1. The molecular formula is C11H20N2O2. The second kappa shape index (κ2) is 7.29. The van der Waals surface area contributed by atoms with E-state index in [0.29, 0.717) is 19.2 Å². The monoisotopic (exact) mass is 212 g/mol. The molecule has 4 heteroatoms. The van der Waals surface area contributed by atoms with Crippen LogP contribution in [0, 0.1) is 0 Å². The van der Waals surface area contributed by atoms with E-state index in [2.05, 4.69) is 11.9 Å². The predicted octanol–water partition coefficient (Wildman–Crippen LogP) is 2.48. The van der Waals surface area contributed by atoms with Crippen molar-refractivity contribution < 1.29 is 9.15 Å². The van der Waals surface area contributed by atoms with Crippen molar-refractivity contribution in [1.29, 1.82) is 0 Å². The molecule has 0 amide bonds. The molecule has 4 nitrogen and oxygen atoms in total. The highest BCUT2D eigenvalue weighted by atomic mass is 16.6. The van der Waals surface area contributed by atoms with Gasteiger partial charge in [-0.3, -0.25) is 0 Å². The number of hydrogen-bond acceptors (Lipinski definition) is 4. The average Bonchev–Trinajstić information content (AvgIpc) is 2.71. The number of nitrogens with zero attached hydrogens (tertiary/aromatic N) is 1. The Labute approximate surface area is 90.8 Å². The van der Waals surface area contributed by atoms with Crippen LogP contribution >= 0.6 is 0 Å². The Morgan fingerprint density at radius 2 is 2.13 bits per heavy atom. The van der Waals surface area contributed by atoms with Gasteiger partial charge >= 0.3 is 6.08 Å². The zero-order chi connectivity index (χ0) is 10.9. The highest BCUT2D eigenvalue weighted by molar-refractivity contribution is 4.98. The van der Waals surface area contributed by atoms with Crippen LogP contribution in [0.3, 0.4) is 0 Å². The number of ether oxygens (including phenoxy) is 1. The minimum Gasteiger partial charge on any atom is -0.450 e. The minimum absolute atomic E-state index is 0.339. The summed E-state index contributed by atoms with van der Waals surface area (Å²) in [6.45, 7) is 3.27. The third-order valence-corrected chi connectivity index (χ3v) is 2.21. The maximum atomic E-state index is 5.39. The molecule has 0 radical (unpaired) electrons. The molecule has 0 unspecified atom stereocenters. The highest BCUT2D eigenvalue weighted by Crippen LogP contribution is 2.10. The molecule has 86 valence electrons. The van der Waals surface area contributed by atoms with Gasteiger partial charge in [-0.15, -0.1) is 0 Å². The minimum atomic E-state index is 0.339. The molecule has 1 heterocycles. The summed E-state index contributed by atoms with van der Waals surface area (Å²) >= 11 is 0. The fraction of sp³-hybridized carbons (Fsp3) is 0.727. The Kier molecular flexibility index (Phi) is 5.85. The third kappa shape index (κ3) is 4.83. The van der Waals surface area contributed by atoms with Gasteiger partial charge < -0.3 is 14.9 Å². The van der Waals surface area contributed by atoms with E-state index in [9.17, 15) is 0 Å². The van der Waals surface area contributed by atoms with Crippen molar-refractivity contribution in [2.45, 2.75) is 45.6 Å². The second-order valence-corrected chi connectivity index (χ2v) is 3.57. The molecule has 2 N–H and O–H groups in total. The molecule has 0 spiro atoms. The molecule has 0 atom stereocenters. The number of rotatable bonds is 8. The summed E-state index contributed by atoms with van der Waals surface area (Å²) in [6.07, 6.45) is 7.98. The third-order valence-electron chi connectivity index (χ3n) is 2.21. The Morgan fingerprint density at radius 1 is 1.33 bits per heavy atom. The van der Waals surface area contributed by atoms with Gasteiger partial charge in [-0.25, -0.2) is 0 Å². The summed E-state index contributed by atoms with van der Waals surface area (Å²) < 4.78 is 10.4. The standard InChI is InChI=1S/C11H20N2O2/c1-2-3-4-5-6-7-14-11-13-10(8-12)9-15-11/h9H,2-8,12H2,1H3. The van der Waals surface area contributed by atoms with Crippen LogP contribution in [0.15, 0.2) is 10.7 Å². The largest absolute Gasteiger partial charge is 0.450 e. The van der Waals surface area contributed by atoms with Crippen LogP contribution in [-0.4, -0.2) is 11.6 Å². The molecule has 0 aliphatic heterocycles. The van der Waals surface area contributed by atoms with Gasteiger partial charge in [0.1, 0.15) is 6.26 Å². The van der Waals surface area contributed by atoms with E-state index >= 15 is 0 Å². The number of unbranched alkanes of at least 4 members (excludes halogenated alkanes) is 4. The Hall–Kier alpha value is -1.03. The summed E-state index contributed by atoms with van der Waals surface area (Å²) in [7, 11) is 0. The lowest BCUT2D eigenvalue weighted by Gasteiger charge is -2.00. The van der Waals surface area contributed by atoms with Gasteiger partial charge in [0.25, 0.3) is 0 Å². The van der Waals surface area contributed by atoms with Crippen LogP contribution in [0.25, 0.3) is 0 Å². The molecule has 1 rings (SSSR count). The quantitative estimate of drug-likeness (QED) is 0.672. The van der Waals surface area contributed by atoms with Crippen LogP contribution in [0.5, 0.6) is 6.08 Å². The zero-order valence-electron chi connectivity index (χ0n) is 9.37. The first-order valence-corrected chi connectivity index (χ1v) is 5.64. The van der Waals surface area contributed by atoms with Crippen molar-refractivity contribution in [3.05, 3.63) is 12.0 Å². The predicted molar refractivity (Wildman–Crippen MR) is 58.6 cm³/mol. The van der Waals surface area contributed by atoms with Crippen molar-refractivity contribution in [3.8, 4) is 6.08 Å². The molecule has 0 saturated heterocycles. The number of aromatic nitrogens is 1. The lowest BCUT2D eigenvalue weighted by Crippen LogP contribution is -1.99. The smallest absolute Gasteiger partial charge is 0.393 e.